The van der Waals surface area contributed by atoms with Gasteiger partial charge in [0.05, 0.1) is 18.4 Å². The summed E-state index contributed by atoms with van der Waals surface area (Å²) in [7, 11) is 0. The summed E-state index contributed by atoms with van der Waals surface area (Å²) < 4.78 is 16.3. The van der Waals surface area contributed by atoms with Crippen molar-refractivity contribution in [3.63, 3.8) is 0 Å². The number of hydrazone groups is 1. The predicted octanol–water partition coefficient (Wildman–Crippen LogP) is 5.50. The first-order valence-electron chi connectivity index (χ1n) is 11.8. The predicted molar refractivity (Wildman–Crippen MR) is 142 cm³/mol. The summed E-state index contributed by atoms with van der Waals surface area (Å²) in [5, 5.41) is 3.94. The molecule has 4 aromatic rings. The molecule has 0 heterocycles. The van der Waals surface area contributed by atoms with Crippen molar-refractivity contribution in [1.29, 1.82) is 0 Å². The Morgan fingerprint density at radius 1 is 0.730 bits per heavy atom. The van der Waals surface area contributed by atoms with Crippen molar-refractivity contribution in [3.8, 4) is 28.4 Å². The summed E-state index contributed by atoms with van der Waals surface area (Å²) in [5.74, 6) is 0.829. The van der Waals surface area contributed by atoms with Crippen molar-refractivity contribution in [3.05, 3.63) is 114 Å². The van der Waals surface area contributed by atoms with E-state index in [1.165, 1.54) is 6.21 Å². The van der Waals surface area contributed by atoms with Crippen LogP contribution in [0.5, 0.6) is 17.2 Å². The average molecular weight is 495 g/mol. The number of hydrogen-bond donors (Lipinski definition) is 1. The average Bonchev–Trinajstić information content (AvgIpc) is 2.94. The molecule has 186 valence electrons. The van der Waals surface area contributed by atoms with Crippen LogP contribution in [0.3, 0.4) is 0 Å². The molecule has 0 aliphatic rings. The number of ether oxygens (including phenoxy) is 3. The van der Waals surface area contributed by atoms with Gasteiger partial charge in [-0.3, -0.25) is 4.79 Å². The third-order valence-corrected chi connectivity index (χ3v) is 5.23. The van der Waals surface area contributed by atoms with Crippen LogP contribution < -0.4 is 19.6 Å². The smallest absolute Gasteiger partial charge is 0.343 e. The molecule has 4 aromatic carbocycles. The van der Waals surface area contributed by atoms with E-state index in [2.05, 4.69) is 10.5 Å². The van der Waals surface area contributed by atoms with Crippen LogP contribution in [-0.4, -0.2) is 31.3 Å². The number of nitrogens with zero attached hydrogens (tertiary/aromatic N) is 1. The van der Waals surface area contributed by atoms with Crippen molar-refractivity contribution in [2.24, 2.45) is 5.10 Å². The number of nitrogens with one attached hydrogen (secondary N) is 1. The Balaban J connectivity index is 1.21. The van der Waals surface area contributed by atoms with Gasteiger partial charge in [0.2, 0.25) is 0 Å². The van der Waals surface area contributed by atoms with Gasteiger partial charge in [-0.15, -0.1) is 0 Å². The molecule has 7 nitrogen and oxygen atoms in total. The number of benzene rings is 4. The zero-order chi connectivity index (χ0) is 25.9. The van der Waals surface area contributed by atoms with E-state index in [0.717, 1.165) is 16.7 Å². The Hall–Kier alpha value is -4.91. The van der Waals surface area contributed by atoms with Crippen molar-refractivity contribution >= 4 is 18.1 Å². The van der Waals surface area contributed by atoms with Gasteiger partial charge in [0.25, 0.3) is 5.91 Å². The summed E-state index contributed by atoms with van der Waals surface area (Å²) in [6.07, 6.45) is 1.49. The summed E-state index contributed by atoms with van der Waals surface area (Å²) in [6, 6.07) is 31.0. The number of esters is 1. The third kappa shape index (κ3) is 7.53. The van der Waals surface area contributed by atoms with Gasteiger partial charge in [-0.05, 0) is 84.3 Å². The number of carbonyl (C=O) groups is 2. The maximum absolute atomic E-state index is 12.3. The number of rotatable bonds is 10. The largest absolute Gasteiger partial charge is 0.494 e. The molecule has 0 unspecified atom stereocenters. The van der Waals surface area contributed by atoms with E-state index >= 15 is 0 Å². The quantitative estimate of drug-likeness (QED) is 0.136. The highest BCUT2D eigenvalue weighted by molar-refractivity contribution is 5.91. The first-order valence-corrected chi connectivity index (χ1v) is 11.8. The lowest BCUT2D eigenvalue weighted by Crippen LogP contribution is -2.24. The topological polar surface area (TPSA) is 86.2 Å². The van der Waals surface area contributed by atoms with Crippen LogP contribution in [0.2, 0.25) is 0 Å². The zero-order valence-corrected chi connectivity index (χ0v) is 20.3. The van der Waals surface area contributed by atoms with Gasteiger partial charge in [0, 0.05) is 0 Å². The van der Waals surface area contributed by atoms with Crippen molar-refractivity contribution in [2.45, 2.75) is 6.92 Å². The van der Waals surface area contributed by atoms with Gasteiger partial charge in [0.1, 0.15) is 17.2 Å². The molecule has 0 fully saturated rings. The molecule has 0 bridgehead atoms. The lowest BCUT2D eigenvalue weighted by Gasteiger charge is -2.07. The first kappa shape index (κ1) is 25.2. The van der Waals surface area contributed by atoms with Crippen LogP contribution in [0.25, 0.3) is 11.1 Å². The van der Waals surface area contributed by atoms with Crippen molar-refractivity contribution < 1.29 is 23.8 Å². The van der Waals surface area contributed by atoms with Crippen LogP contribution in [0.1, 0.15) is 22.8 Å². The molecule has 0 aliphatic heterocycles. The fraction of sp³-hybridized carbons (Fsp3) is 0.100. The van der Waals surface area contributed by atoms with E-state index in [1.54, 1.807) is 48.5 Å². The van der Waals surface area contributed by atoms with Gasteiger partial charge in [-0.1, -0.05) is 42.5 Å². The summed E-state index contributed by atoms with van der Waals surface area (Å²) >= 11 is 0. The monoisotopic (exact) mass is 494 g/mol. The van der Waals surface area contributed by atoms with Gasteiger partial charge in [-0.25, -0.2) is 10.2 Å². The second kappa shape index (κ2) is 12.7. The second-order valence-electron chi connectivity index (χ2n) is 7.89. The van der Waals surface area contributed by atoms with Gasteiger partial charge < -0.3 is 14.2 Å². The SMILES string of the molecule is CCOc1ccc(C(=O)Oc2ccc(C=NNC(=O)COc3ccc(-c4ccccc4)cc3)cc2)cc1. The standard InChI is InChI=1S/C30H26N2O5/c1-2-35-26-18-12-25(13-19-26)30(34)37-28-14-8-22(9-15-28)20-31-32-29(33)21-36-27-16-10-24(11-17-27)23-6-4-3-5-7-23/h3-20H,2,21H2,1H3,(H,32,33). The Morgan fingerprint density at radius 2 is 1.32 bits per heavy atom. The third-order valence-electron chi connectivity index (χ3n) is 5.23. The van der Waals surface area contributed by atoms with E-state index in [0.29, 0.717) is 29.4 Å². The Morgan fingerprint density at radius 3 is 2.00 bits per heavy atom. The van der Waals surface area contributed by atoms with E-state index in [-0.39, 0.29) is 12.5 Å². The number of hydrogen-bond acceptors (Lipinski definition) is 6. The maximum Gasteiger partial charge on any atom is 0.343 e. The zero-order valence-electron chi connectivity index (χ0n) is 20.3. The number of carbonyl (C=O) groups excluding carboxylic acids is 2. The molecule has 4 rings (SSSR count). The summed E-state index contributed by atoms with van der Waals surface area (Å²) in [4.78, 5) is 24.4. The molecule has 37 heavy (non-hydrogen) atoms. The lowest BCUT2D eigenvalue weighted by atomic mass is 10.1. The highest BCUT2D eigenvalue weighted by Crippen LogP contribution is 2.22. The minimum absolute atomic E-state index is 0.164. The minimum atomic E-state index is -0.466. The van der Waals surface area contributed by atoms with E-state index in [9.17, 15) is 9.59 Å². The van der Waals surface area contributed by atoms with Gasteiger partial charge in [-0.2, -0.15) is 5.10 Å². The van der Waals surface area contributed by atoms with Crippen LogP contribution in [0.4, 0.5) is 0 Å². The maximum atomic E-state index is 12.3. The molecule has 0 spiro atoms. The van der Waals surface area contributed by atoms with Crippen LogP contribution in [0, 0.1) is 0 Å². The fourth-order valence-electron chi connectivity index (χ4n) is 3.38. The van der Waals surface area contributed by atoms with E-state index in [4.69, 9.17) is 14.2 Å². The Kier molecular flexibility index (Phi) is 8.64. The highest BCUT2D eigenvalue weighted by Gasteiger charge is 2.09. The summed E-state index contributed by atoms with van der Waals surface area (Å²) in [6.45, 7) is 2.29. The highest BCUT2D eigenvalue weighted by atomic mass is 16.5. The fourth-order valence-corrected chi connectivity index (χ4v) is 3.38. The van der Waals surface area contributed by atoms with Gasteiger partial charge in [0.15, 0.2) is 6.61 Å². The van der Waals surface area contributed by atoms with E-state index < -0.39 is 5.97 Å². The molecular weight excluding hydrogens is 468 g/mol. The Bertz CT molecular complexity index is 1330. The molecule has 1 N–H and O–H groups in total. The van der Waals surface area contributed by atoms with E-state index in [1.807, 2.05) is 61.5 Å². The van der Waals surface area contributed by atoms with Gasteiger partial charge >= 0.3 is 5.97 Å². The van der Waals surface area contributed by atoms with Crippen LogP contribution in [-0.2, 0) is 4.79 Å². The molecule has 1 amide bonds. The van der Waals surface area contributed by atoms with Crippen molar-refractivity contribution in [1.82, 2.24) is 5.43 Å². The molecule has 0 aliphatic carbocycles. The first-order chi connectivity index (χ1) is 18.1. The second-order valence-corrected chi connectivity index (χ2v) is 7.89. The normalized spacial score (nSPS) is 10.6. The molecule has 0 saturated heterocycles. The molecule has 0 saturated carbocycles. The minimum Gasteiger partial charge on any atom is -0.494 e. The molecule has 0 atom stereocenters. The molecule has 0 radical (unpaired) electrons. The van der Waals surface area contributed by atoms with Crippen molar-refractivity contribution in [2.75, 3.05) is 13.2 Å². The Labute approximate surface area is 215 Å². The molecule has 7 heteroatoms. The van der Waals surface area contributed by atoms with Crippen LogP contribution >= 0.6 is 0 Å². The van der Waals surface area contributed by atoms with Crippen LogP contribution in [0.15, 0.2) is 108 Å². The molecule has 0 aromatic heterocycles. The lowest BCUT2D eigenvalue weighted by molar-refractivity contribution is -0.123. The number of amides is 1. The molecular formula is C30H26N2O5. The summed E-state index contributed by atoms with van der Waals surface area (Å²) in [5.41, 5.74) is 5.75.